The standard InChI is InChI=1S/C20H17F2N3O/c1-24(13-6-3-2-4-7-13)20(26)19-15-8-5-9-18(15)25(23-19)14-10-11-16(21)17(22)12-14/h2-4,6-7,10-12H,5,8-9H2,1H3. The van der Waals surface area contributed by atoms with Crippen LogP contribution in [0.15, 0.2) is 48.5 Å². The van der Waals surface area contributed by atoms with Crippen molar-refractivity contribution in [1.82, 2.24) is 9.78 Å². The Morgan fingerprint density at radius 3 is 2.58 bits per heavy atom. The van der Waals surface area contributed by atoms with Crippen LogP contribution >= 0.6 is 0 Å². The van der Waals surface area contributed by atoms with Crippen molar-refractivity contribution in [2.24, 2.45) is 0 Å². The third-order valence-corrected chi connectivity index (χ3v) is 4.73. The first kappa shape index (κ1) is 16.4. The van der Waals surface area contributed by atoms with Gasteiger partial charge in [-0.25, -0.2) is 13.5 Å². The molecule has 4 rings (SSSR count). The Morgan fingerprint density at radius 1 is 1.08 bits per heavy atom. The van der Waals surface area contributed by atoms with Crippen molar-refractivity contribution in [2.75, 3.05) is 11.9 Å². The van der Waals surface area contributed by atoms with Gasteiger partial charge in [-0.3, -0.25) is 4.79 Å². The lowest BCUT2D eigenvalue weighted by Gasteiger charge is -2.16. The van der Waals surface area contributed by atoms with E-state index in [2.05, 4.69) is 5.10 Å². The molecule has 26 heavy (non-hydrogen) atoms. The van der Waals surface area contributed by atoms with Gasteiger partial charge in [0.1, 0.15) is 0 Å². The van der Waals surface area contributed by atoms with Gasteiger partial charge in [0.2, 0.25) is 0 Å². The quantitative estimate of drug-likeness (QED) is 0.716. The summed E-state index contributed by atoms with van der Waals surface area (Å²) in [5.74, 6) is -2.05. The van der Waals surface area contributed by atoms with Gasteiger partial charge < -0.3 is 4.90 Å². The number of para-hydroxylation sites is 1. The fraction of sp³-hybridized carbons (Fsp3) is 0.200. The highest BCUT2D eigenvalue weighted by Crippen LogP contribution is 2.29. The number of carbonyl (C=O) groups excluding carboxylic acids is 1. The zero-order chi connectivity index (χ0) is 18.3. The highest BCUT2D eigenvalue weighted by Gasteiger charge is 2.29. The molecule has 0 spiro atoms. The molecule has 2 aromatic carbocycles. The van der Waals surface area contributed by atoms with Gasteiger partial charge in [-0.1, -0.05) is 18.2 Å². The highest BCUT2D eigenvalue weighted by molar-refractivity contribution is 6.05. The molecule has 0 atom stereocenters. The van der Waals surface area contributed by atoms with Crippen molar-refractivity contribution in [3.63, 3.8) is 0 Å². The first-order valence-electron chi connectivity index (χ1n) is 8.45. The predicted octanol–water partition coefficient (Wildman–Crippen LogP) is 3.92. The number of rotatable bonds is 3. The zero-order valence-corrected chi connectivity index (χ0v) is 14.2. The van der Waals surface area contributed by atoms with Crippen molar-refractivity contribution >= 4 is 11.6 Å². The lowest BCUT2D eigenvalue weighted by atomic mass is 10.1. The highest BCUT2D eigenvalue weighted by atomic mass is 19.2. The third-order valence-electron chi connectivity index (χ3n) is 4.73. The largest absolute Gasteiger partial charge is 0.310 e. The summed E-state index contributed by atoms with van der Waals surface area (Å²) < 4.78 is 28.5. The Balaban J connectivity index is 1.76. The Kier molecular flexibility index (Phi) is 4.03. The minimum absolute atomic E-state index is 0.212. The van der Waals surface area contributed by atoms with Gasteiger partial charge in [0.05, 0.1) is 5.69 Å². The van der Waals surface area contributed by atoms with Crippen molar-refractivity contribution in [2.45, 2.75) is 19.3 Å². The van der Waals surface area contributed by atoms with E-state index >= 15 is 0 Å². The smallest absolute Gasteiger partial charge is 0.278 e. The van der Waals surface area contributed by atoms with Crippen molar-refractivity contribution in [1.29, 1.82) is 0 Å². The van der Waals surface area contributed by atoms with Crippen molar-refractivity contribution < 1.29 is 13.6 Å². The van der Waals surface area contributed by atoms with E-state index in [-0.39, 0.29) is 5.91 Å². The van der Waals surface area contributed by atoms with Crippen LogP contribution in [0.3, 0.4) is 0 Å². The molecular formula is C20H17F2N3O. The molecule has 0 bridgehead atoms. The third kappa shape index (κ3) is 2.67. The van der Waals surface area contributed by atoms with Crippen LogP contribution in [0.4, 0.5) is 14.5 Å². The maximum Gasteiger partial charge on any atom is 0.278 e. The van der Waals surface area contributed by atoms with E-state index in [4.69, 9.17) is 0 Å². The second kappa shape index (κ2) is 6.37. The summed E-state index contributed by atoms with van der Waals surface area (Å²) in [5.41, 5.74) is 3.34. The predicted molar refractivity (Wildman–Crippen MR) is 94.7 cm³/mol. The number of anilines is 1. The molecule has 1 amide bonds. The summed E-state index contributed by atoms with van der Waals surface area (Å²) in [6.07, 6.45) is 2.42. The summed E-state index contributed by atoms with van der Waals surface area (Å²) in [7, 11) is 1.70. The van der Waals surface area contributed by atoms with E-state index in [9.17, 15) is 13.6 Å². The summed E-state index contributed by atoms with van der Waals surface area (Å²) in [5, 5.41) is 4.46. The van der Waals surface area contributed by atoms with Crippen LogP contribution in [-0.4, -0.2) is 22.7 Å². The van der Waals surface area contributed by atoms with Crippen LogP contribution in [-0.2, 0) is 12.8 Å². The Bertz CT molecular complexity index is 982. The summed E-state index contributed by atoms with van der Waals surface area (Å²) >= 11 is 0. The van der Waals surface area contributed by atoms with Gasteiger partial charge in [-0.15, -0.1) is 0 Å². The van der Waals surface area contributed by atoms with Crippen molar-refractivity contribution in [3.8, 4) is 5.69 Å². The van der Waals surface area contributed by atoms with E-state index in [0.29, 0.717) is 11.4 Å². The normalized spacial score (nSPS) is 12.9. The van der Waals surface area contributed by atoms with Crippen LogP contribution in [0.2, 0.25) is 0 Å². The number of hydrogen-bond donors (Lipinski definition) is 0. The number of halogens is 2. The van der Waals surface area contributed by atoms with E-state index in [0.717, 1.165) is 48.3 Å². The number of aromatic nitrogens is 2. The fourth-order valence-corrected chi connectivity index (χ4v) is 3.37. The van der Waals surface area contributed by atoms with Gasteiger partial charge >= 0.3 is 0 Å². The van der Waals surface area contributed by atoms with E-state index in [1.54, 1.807) is 16.6 Å². The topological polar surface area (TPSA) is 38.1 Å². The van der Waals surface area contributed by atoms with Gasteiger partial charge in [0, 0.05) is 30.1 Å². The second-order valence-electron chi connectivity index (χ2n) is 6.34. The van der Waals surface area contributed by atoms with Gasteiger partial charge in [-0.05, 0) is 43.5 Å². The minimum atomic E-state index is -0.931. The molecule has 1 heterocycles. The molecule has 1 aromatic heterocycles. The average molecular weight is 353 g/mol. The molecular weight excluding hydrogens is 336 g/mol. The molecule has 0 saturated carbocycles. The summed E-state index contributed by atoms with van der Waals surface area (Å²) in [6, 6.07) is 13.0. The van der Waals surface area contributed by atoms with Gasteiger partial charge in [0.15, 0.2) is 17.3 Å². The second-order valence-corrected chi connectivity index (χ2v) is 6.34. The van der Waals surface area contributed by atoms with Gasteiger partial charge in [-0.2, -0.15) is 5.10 Å². The number of amides is 1. The Hall–Kier alpha value is -3.02. The average Bonchev–Trinajstić information content (AvgIpc) is 3.26. The Morgan fingerprint density at radius 2 is 1.85 bits per heavy atom. The fourth-order valence-electron chi connectivity index (χ4n) is 3.37. The number of carbonyl (C=O) groups is 1. The van der Waals surface area contributed by atoms with Crippen molar-refractivity contribution in [3.05, 3.63) is 77.1 Å². The maximum absolute atomic E-state index is 13.6. The van der Waals surface area contributed by atoms with Crippen LogP contribution < -0.4 is 4.90 Å². The molecule has 0 fully saturated rings. The molecule has 1 aliphatic rings. The first-order valence-corrected chi connectivity index (χ1v) is 8.45. The van der Waals surface area contributed by atoms with Crippen LogP contribution in [0.25, 0.3) is 5.69 Å². The molecule has 4 nitrogen and oxygen atoms in total. The molecule has 0 unspecified atom stereocenters. The minimum Gasteiger partial charge on any atom is -0.310 e. The molecule has 0 N–H and O–H groups in total. The van der Waals surface area contributed by atoms with Crippen LogP contribution in [0.1, 0.15) is 28.2 Å². The summed E-state index contributed by atoms with van der Waals surface area (Å²) in [6.45, 7) is 0. The number of fused-ring (bicyclic) bond motifs is 1. The van der Waals surface area contributed by atoms with Crippen LogP contribution in [0, 0.1) is 11.6 Å². The Labute approximate surface area is 149 Å². The molecule has 0 saturated heterocycles. The lowest BCUT2D eigenvalue weighted by molar-refractivity contribution is 0.0987. The van der Waals surface area contributed by atoms with E-state index in [1.165, 1.54) is 6.07 Å². The van der Waals surface area contributed by atoms with E-state index in [1.807, 2.05) is 30.3 Å². The number of nitrogens with zero attached hydrogens (tertiary/aromatic N) is 3. The van der Waals surface area contributed by atoms with Crippen LogP contribution in [0.5, 0.6) is 0 Å². The first-order chi connectivity index (χ1) is 12.6. The molecule has 132 valence electrons. The SMILES string of the molecule is CN(C(=O)c1nn(-c2ccc(F)c(F)c2)c2c1CCC2)c1ccccc1. The zero-order valence-electron chi connectivity index (χ0n) is 14.2. The number of hydrogen-bond acceptors (Lipinski definition) is 2. The lowest BCUT2D eigenvalue weighted by Crippen LogP contribution is -2.27. The van der Waals surface area contributed by atoms with Gasteiger partial charge in [0.25, 0.3) is 5.91 Å². The molecule has 1 aliphatic carbocycles. The maximum atomic E-state index is 13.6. The summed E-state index contributed by atoms with van der Waals surface area (Å²) in [4.78, 5) is 14.5. The molecule has 6 heteroatoms. The van der Waals surface area contributed by atoms with E-state index < -0.39 is 11.6 Å². The monoisotopic (exact) mass is 353 g/mol. The molecule has 0 radical (unpaired) electrons. The molecule has 3 aromatic rings. The number of benzene rings is 2. The molecule has 0 aliphatic heterocycles.